The molecule has 6 heteroatoms. The van der Waals surface area contributed by atoms with Crippen LogP contribution in [0.1, 0.15) is 31.2 Å². The van der Waals surface area contributed by atoms with E-state index < -0.39 is 0 Å². The highest BCUT2D eigenvalue weighted by Crippen LogP contribution is 2.29. The molecule has 0 aliphatic carbocycles. The lowest BCUT2D eigenvalue weighted by Gasteiger charge is -2.42. The van der Waals surface area contributed by atoms with Crippen molar-refractivity contribution in [1.29, 1.82) is 0 Å². The quantitative estimate of drug-likeness (QED) is 0.616. The van der Waals surface area contributed by atoms with Crippen LogP contribution in [0.2, 0.25) is 0 Å². The average Bonchev–Trinajstić information content (AvgIpc) is 3.32. The predicted octanol–water partition coefficient (Wildman–Crippen LogP) is 3.91. The first kappa shape index (κ1) is 21.4. The zero-order chi connectivity index (χ0) is 21.9. The molecule has 1 atom stereocenters. The van der Waals surface area contributed by atoms with E-state index >= 15 is 0 Å². The molecule has 1 aromatic heterocycles. The van der Waals surface area contributed by atoms with Crippen LogP contribution in [0, 0.1) is 5.92 Å². The first-order chi connectivity index (χ1) is 15.7. The van der Waals surface area contributed by atoms with Gasteiger partial charge in [-0.2, -0.15) is 5.10 Å². The van der Waals surface area contributed by atoms with Gasteiger partial charge in [0.25, 0.3) is 0 Å². The van der Waals surface area contributed by atoms with E-state index in [4.69, 9.17) is 4.74 Å². The Balaban J connectivity index is 1.24. The Morgan fingerprint density at radius 3 is 2.69 bits per heavy atom. The Morgan fingerprint density at radius 2 is 1.88 bits per heavy atom. The van der Waals surface area contributed by atoms with Crippen molar-refractivity contribution in [2.45, 2.75) is 38.3 Å². The van der Waals surface area contributed by atoms with Gasteiger partial charge in [-0.15, -0.1) is 0 Å². The molecule has 0 saturated carbocycles. The molecule has 0 unspecified atom stereocenters. The highest BCUT2D eigenvalue weighted by molar-refractivity contribution is 5.88. The summed E-state index contributed by atoms with van der Waals surface area (Å²) in [5, 5.41) is 19.5. The maximum Gasteiger partial charge on any atom is 0.119 e. The van der Waals surface area contributed by atoms with Crippen molar-refractivity contribution >= 4 is 10.8 Å². The molecule has 2 aliphatic rings. The summed E-state index contributed by atoms with van der Waals surface area (Å²) in [6.07, 6.45) is 6.81. The molecule has 2 saturated heterocycles. The van der Waals surface area contributed by atoms with Crippen molar-refractivity contribution < 1.29 is 9.84 Å². The molecule has 0 amide bonds. The molecule has 170 valence electrons. The molecule has 5 rings (SSSR count). The van der Waals surface area contributed by atoms with Crippen LogP contribution in [-0.2, 0) is 6.54 Å². The number of piperidine rings is 2. The molecule has 2 N–H and O–H groups in total. The third-order valence-corrected chi connectivity index (χ3v) is 7.33. The number of nitrogens with zero attached hydrogens (tertiary/aromatic N) is 3. The van der Waals surface area contributed by atoms with E-state index in [1.54, 1.807) is 7.11 Å². The maximum absolute atomic E-state index is 9.55. The number of likely N-dealkylation sites (tertiary alicyclic amines) is 2. The van der Waals surface area contributed by atoms with Gasteiger partial charge < -0.3 is 9.84 Å². The van der Waals surface area contributed by atoms with Gasteiger partial charge in [-0.1, -0.05) is 18.2 Å². The molecule has 0 radical (unpaired) electrons. The lowest BCUT2D eigenvalue weighted by atomic mass is 9.94. The van der Waals surface area contributed by atoms with Gasteiger partial charge >= 0.3 is 0 Å². The number of fused-ring (bicyclic) bond motifs is 1. The predicted molar refractivity (Wildman–Crippen MR) is 128 cm³/mol. The van der Waals surface area contributed by atoms with Crippen molar-refractivity contribution in [3.8, 4) is 17.0 Å². The molecule has 2 aliphatic heterocycles. The minimum Gasteiger partial charge on any atom is -0.497 e. The standard InChI is InChI=1S/C26H34N4O2/c1-32-25-7-6-20-13-22(5-4-21(20)14-25)26-23(15-27-28-26)17-29-11-8-24(9-12-29)30-10-2-3-19(16-30)18-31/h4-7,13-15,19,24,31H,2-3,8-12,16-18H2,1H3,(H,27,28)/t19-/m0/s1. The average molecular weight is 435 g/mol. The lowest BCUT2D eigenvalue weighted by Crippen LogP contribution is -2.48. The summed E-state index contributed by atoms with van der Waals surface area (Å²) in [4.78, 5) is 5.19. The van der Waals surface area contributed by atoms with Crippen LogP contribution in [0.15, 0.2) is 42.6 Å². The number of H-pyrrole nitrogens is 1. The molecule has 6 nitrogen and oxygen atoms in total. The number of ether oxygens (including phenoxy) is 1. The van der Waals surface area contributed by atoms with E-state index in [1.807, 2.05) is 12.3 Å². The Kier molecular flexibility index (Phi) is 6.44. The first-order valence-corrected chi connectivity index (χ1v) is 11.9. The summed E-state index contributed by atoms with van der Waals surface area (Å²) in [5.41, 5.74) is 3.55. The summed E-state index contributed by atoms with van der Waals surface area (Å²) >= 11 is 0. The van der Waals surface area contributed by atoms with E-state index in [0.717, 1.165) is 37.6 Å². The van der Waals surface area contributed by atoms with Gasteiger partial charge in [0.2, 0.25) is 0 Å². The number of benzene rings is 2. The normalized spacial score (nSPS) is 21.2. The number of aliphatic hydroxyl groups is 1. The molecular weight excluding hydrogens is 400 g/mol. The topological polar surface area (TPSA) is 64.6 Å². The van der Waals surface area contributed by atoms with E-state index in [2.05, 4.69) is 50.3 Å². The molecule has 0 bridgehead atoms. The van der Waals surface area contributed by atoms with Gasteiger partial charge in [0.1, 0.15) is 5.75 Å². The molecular formula is C26H34N4O2. The van der Waals surface area contributed by atoms with Gasteiger partial charge in [-0.05, 0) is 80.2 Å². The number of aromatic nitrogens is 2. The summed E-state index contributed by atoms with van der Waals surface area (Å²) < 4.78 is 5.35. The second-order valence-corrected chi connectivity index (χ2v) is 9.39. The second kappa shape index (κ2) is 9.61. The van der Waals surface area contributed by atoms with Crippen molar-refractivity contribution in [3.05, 3.63) is 48.2 Å². The third-order valence-electron chi connectivity index (χ3n) is 7.33. The summed E-state index contributed by atoms with van der Waals surface area (Å²) in [5.74, 6) is 1.35. The highest BCUT2D eigenvalue weighted by Gasteiger charge is 2.29. The van der Waals surface area contributed by atoms with Crippen LogP contribution in [0.25, 0.3) is 22.0 Å². The number of aliphatic hydroxyl groups excluding tert-OH is 1. The van der Waals surface area contributed by atoms with Gasteiger partial charge in [-0.25, -0.2) is 0 Å². The number of methoxy groups -OCH3 is 1. The minimum atomic E-state index is 0.334. The SMILES string of the molecule is COc1ccc2cc(-c3[nH]ncc3CN3CCC(N4CCC[C@H](CO)C4)CC3)ccc2c1. The fourth-order valence-electron chi connectivity index (χ4n) is 5.45. The maximum atomic E-state index is 9.55. The van der Waals surface area contributed by atoms with E-state index in [9.17, 15) is 5.11 Å². The van der Waals surface area contributed by atoms with E-state index in [0.29, 0.717) is 18.6 Å². The molecule has 0 spiro atoms. The van der Waals surface area contributed by atoms with Crippen LogP contribution in [0.5, 0.6) is 5.75 Å². The van der Waals surface area contributed by atoms with Crippen LogP contribution in [0.4, 0.5) is 0 Å². The summed E-state index contributed by atoms with van der Waals surface area (Å²) in [7, 11) is 1.70. The molecule has 3 aromatic rings. The van der Waals surface area contributed by atoms with Gasteiger partial charge in [0.05, 0.1) is 19.0 Å². The van der Waals surface area contributed by atoms with Crippen molar-refractivity contribution in [2.24, 2.45) is 5.92 Å². The largest absolute Gasteiger partial charge is 0.497 e. The summed E-state index contributed by atoms with van der Waals surface area (Å²) in [6.45, 7) is 5.77. The van der Waals surface area contributed by atoms with Crippen molar-refractivity contribution in [3.63, 3.8) is 0 Å². The zero-order valence-electron chi connectivity index (χ0n) is 19.0. The summed E-state index contributed by atoms with van der Waals surface area (Å²) in [6, 6.07) is 13.4. The van der Waals surface area contributed by atoms with Gasteiger partial charge in [0, 0.05) is 36.9 Å². The van der Waals surface area contributed by atoms with Crippen LogP contribution >= 0.6 is 0 Å². The Bertz CT molecular complexity index is 1040. The van der Waals surface area contributed by atoms with Crippen molar-refractivity contribution in [2.75, 3.05) is 39.9 Å². The van der Waals surface area contributed by atoms with Crippen LogP contribution in [-0.4, -0.2) is 71.0 Å². The molecule has 2 aromatic carbocycles. The Morgan fingerprint density at radius 1 is 1.06 bits per heavy atom. The second-order valence-electron chi connectivity index (χ2n) is 9.39. The molecule has 2 fully saturated rings. The van der Waals surface area contributed by atoms with E-state index in [-0.39, 0.29) is 0 Å². The number of nitrogens with one attached hydrogen (secondary N) is 1. The lowest BCUT2D eigenvalue weighted by molar-refractivity contribution is 0.0526. The smallest absolute Gasteiger partial charge is 0.119 e. The number of aromatic amines is 1. The number of hydrogen-bond donors (Lipinski definition) is 2. The zero-order valence-corrected chi connectivity index (χ0v) is 19.0. The highest BCUT2D eigenvalue weighted by atomic mass is 16.5. The fourth-order valence-corrected chi connectivity index (χ4v) is 5.45. The third kappa shape index (κ3) is 4.53. The van der Waals surface area contributed by atoms with Crippen molar-refractivity contribution in [1.82, 2.24) is 20.0 Å². The first-order valence-electron chi connectivity index (χ1n) is 11.9. The fraction of sp³-hybridized carbons (Fsp3) is 0.500. The van der Waals surface area contributed by atoms with Crippen LogP contribution < -0.4 is 4.74 Å². The Hall–Kier alpha value is -2.41. The van der Waals surface area contributed by atoms with Gasteiger partial charge in [0.15, 0.2) is 0 Å². The number of rotatable bonds is 6. The van der Waals surface area contributed by atoms with E-state index in [1.165, 1.54) is 54.1 Å². The molecule has 32 heavy (non-hydrogen) atoms. The van der Waals surface area contributed by atoms with Gasteiger partial charge in [-0.3, -0.25) is 14.9 Å². The molecule has 3 heterocycles. The Labute approximate surface area is 190 Å². The number of hydrogen-bond acceptors (Lipinski definition) is 5. The van der Waals surface area contributed by atoms with Crippen LogP contribution in [0.3, 0.4) is 0 Å². The minimum absolute atomic E-state index is 0.334. The monoisotopic (exact) mass is 434 g/mol.